The summed E-state index contributed by atoms with van der Waals surface area (Å²) in [5.41, 5.74) is 9.09. The summed E-state index contributed by atoms with van der Waals surface area (Å²) in [6.07, 6.45) is 0. The Morgan fingerprint density at radius 3 is 2.08 bits per heavy atom. The quantitative estimate of drug-likeness (QED) is 0.634. The van der Waals surface area contributed by atoms with Gasteiger partial charge in [0.1, 0.15) is 0 Å². The molecule has 0 aliphatic heterocycles. The standard InChI is InChI=1S/C22H21ClN2O/c1-2-25(22(26)18-10-14-20(24)15-11-18)21(16-6-4-3-5-7-16)17-8-12-19(23)13-9-17/h3-15,21H,2,24H2,1H3. The molecule has 3 rings (SSSR count). The van der Waals surface area contributed by atoms with E-state index in [9.17, 15) is 4.79 Å². The van der Waals surface area contributed by atoms with E-state index in [1.807, 2.05) is 66.4 Å². The van der Waals surface area contributed by atoms with Crippen LogP contribution in [0.3, 0.4) is 0 Å². The average molecular weight is 365 g/mol. The Morgan fingerprint density at radius 2 is 1.50 bits per heavy atom. The molecule has 2 N–H and O–H groups in total. The third-order valence-electron chi connectivity index (χ3n) is 4.37. The molecule has 0 aromatic heterocycles. The minimum Gasteiger partial charge on any atom is -0.399 e. The first-order chi connectivity index (χ1) is 12.6. The fourth-order valence-corrected chi connectivity index (χ4v) is 3.19. The van der Waals surface area contributed by atoms with Gasteiger partial charge in [-0.15, -0.1) is 0 Å². The van der Waals surface area contributed by atoms with Gasteiger partial charge >= 0.3 is 0 Å². The van der Waals surface area contributed by atoms with Crippen LogP contribution in [0, 0.1) is 0 Å². The maximum atomic E-state index is 13.2. The third-order valence-corrected chi connectivity index (χ3v) is 4.62. The van der Waals surface area contributed by atoms with Crippen LogP contribution < -0.4 is 5.73 Å². The second kappa shape index (κ2) is 8.07. The van der Waals surface area contributed by atoms with Gasteiger partial charge in [-0.1, -0.05) is 54.1 Å². The molecule has 4 heteroatoms. The second-order valence-electron chi connectivity index (χ2n) is 6.08. The maximum Gasteiger partial charge on any atom is 0.254 e. The van der Waals surface area contributed by atoms with E-state index in [2.05, 4.69) is 0 Å². The monoisotopic (exact) mass is 364 g/mol. The lowest BCUT2D eigenvalue weighted by Gasteiger charge is -2.32. The van der Waals surface area contributed by atoms with E-state index < -0.39 is 0 Å². The Bertz CT molecular complexity index is 861. The molecule has 0 saturated heterocycles. The summed E-state index contributed by atoms with van der Waals surface area (Å²) in [5, 5.41) is 0.675. The fraction of sp³-hybridized carbons (Fsp3) is 0.136. The zero-order valence-electron chi connectivity index (χ0n) is 14.6. The van der Waals surface area contributed by atoms with E-state index >= 15 is 0 Å². The lowest BCUT2D eigenvalue weighted by atomic mass is 9.96. The van der Waals surface area contributed by atoms with Crippen molar-refractivity contribution in [2.75, 3.05) is 12.3 Å². The van der Waals surface area contributed by atoms with Crippen LogP contribution in [0.5, 0.6) is 0 Å². The van der Waals surface area contributed by atoms with Crippen LogP contribution in [-0.2, 0) is 0 Å². The van der Waals surface area contributed by atoms with Crippen LogP contribution in [0.1, 0.15) is 34.5 Å². The average Bonchev–Trinajstić information content (AvgIpc) is 2.68. The zero-order valence-corrected chi connectivity index (χ0v) is 15.4. The number of benzene rings is 3. The molecule has 0 spiro atoms. The fourth-order valence-electron chi connectivity index (χ4n) is 3.07. The van der Waals surface area contributed by atoms with Crippen molar-refractivity contribution in [2.45, 2.75) is 13.0 Å². The number of nitrogens with two attached hydrogens (primary N) is 1. The van der Waals surface area contributed by atoms with E-state index in [4.69, 9.17) is 17.3 Å². The van der Waals surface area contributed by atoms with E-state index in [1.165, 1.54) is 0 Å². The van der Waals surface area contributed by atoms with E-state index in [0.29, 0.717) is 22.8 Å². The number of halogens is 1. The summed E-state index contributed by atoms with van der Waals surface area (Å²) in [7, 11) is 0. The molecule has 1 unspecified atom stereocenters. The summed E-state index contributed by atoms with van der Waals surface area (Å²) < 4.78 is 0. The van der Waals surface area contributed by atoms with Crippen molar-refractivity contribution in [1.82, 2.24) is 4.90 Å². The van der Waals surface area contributed by atoms with Gasteiger partial charge in [0.25, 0.3) is 5.91 Å². The Hall–Kier alpha value is -2.78. The largest absolute Gasteiger partial charge is 0.399 e. The number of nitrogens with zero attached hydrogens (tertiary/aromatic N) is 1. The minimum atomic E-state index is -0.191. The molecule has 1 atom stereocenters. The highest BCUT2D eigenvalue weighted by atomic mass is 35.5. The first kappa shape index (κ1) is 18.0. The summed E-state index contributed by atoms with van der Waals surface area (Å²) in [4.78, 5) is 15.1. The predicted octanol–water partition coefficient (Wildman–Crippen LogP) is 5.17. The molecule has 3 nitrogen and oxygen atoms in total. The van der Waals surface area contributed by atoms with Gasteiger partial charge in [-0.25, -0.2) is 0 Å². The lowest BCUT2D eigenvalue weighted by Crippen LogP contribution is -2.35. The molecule has 0 radical (unpaired) electrons. The molecule has 0 aliphatic carbocycles. The van der Waals surface area contributed by atoms with E-state index in [-0.39, 0.29) is 11.9 Å². The van der Waals surface area contributed by atoms with Crippen molar-refractivity contribution in [3.63, 3.8) is 0 Å². The SMILES string of the molecule is CCN(C(=O)c1ccc(N)cc1)C(c1ccccc1)c1ccc(Cl)cc1. The molecule has 0 heterocycles. The third kappa shape index (κ3) is 3.89. The van der Waals surface area contributed by atoms with Crippen LogP contribution in [0.2, 0.25) is 5.02 Å². The summed E-state index contributed by atoms with van der Waals surface area (Å²) >= 11 is 6.06. The van der Waals surface area contributed by atoms with Crippen LogP contribution in [0.25, 0.3) is 0 Å². The van der Waals surface area contributed by atoms with E-state index in [1.54, 1.807) is 24.3 Å². The predicted molar refractivity (Wildman–Crippen MR) is 107 cm³/mol. The summed E-state index contributed by atoms with van der Waals surface area (Å²) in [6.45, 7) is 2.56. The van der Waals surface area contributed by atoms with Gasteiger partial charge in [0.2, 0.25) is 0 Å². The molecule has 0 bridgehead atoms. The van der Waals surface area contributed by atoms with E-state index in [0.717, 1.165) is 11.1 Å². The number of nitrogen functional groups attached to an aromatic ring is 1. The van der Waals surface area contributed by atoms with Crippen molar-refractivity contribution < 1.29 is 4.79 Å². The molecular formula is C22H21ClN2O. The molecular weight excluding hydrogens is 344 g/mol. The molecule has 3 aromatic carbocycles. The van der Waals surface area contributed by atoms with Crippen LogP contribution >= 0.6 is 11.6 Å². The Labute approximate surface area is 159 Å². The highest BCUT2D eigenvalue weighted by Gasteiger charge is 2.26. The Morgan fingerprint density at radius 1 is 0.923 bits per heavy atom. The Kier molecular flexibility index (Phi) is 5.59. The smallest absolute Gasteiger partial charge is 0.254 e. The van der Waals surface area contributed by atoms with Gasteiger partial charge in [-0.2, -0.15) is 0 Å². The molecule has 0 saturated carbocycles. The van der Waals surface area contributed by atoms with Gasteiger partial charge in [0, 0.05) is 22.8 Å². The van der Waals surface area contributed by atoms with Crippen molar-refractivity contribution >= 4 is 23.2 Å². The minimum absolute atomic E-state index is 0.0312. The second-order valence-corrected chi connectivity index (χ2v) is 6.51. The summed E-state index contributed by atoms with van der Waals surface area (Å²) in [6, 6.07) is 24.5. The molecule has 132 valence electrons. The normalized spacial score (nSPS) is 11.8. The Balaban J connectivity index is 2.05. The van der Waals surface area contributed by atoms with Gasteiger partial charge in [-0.05, 0) is 54.4 Å². The van der Waals surface area contributed by atoms with Gasteiger partial charge in [0.15, 0.2) is 0 Å². The molecule has 1 amide bonds. The number of carbonyl (C=O) groups excluding carboxylic acids is 1. The van der Waals surface area contributed by atoms with Gasteiger partial charge < -0.3 is 10.6 Å². The number of hydrogen-bond acceptors (Lipinski definition) is 2. The lowest BCUT2D eigenvalue weighted by molar-refractivity contribution is 0.0717. The maximum absolute atomic E-state index is 13.2. The topological polar surface area (TPSA) is 46.3 Å². The van der Waals surface area contributed by atoms with Crippen LogP contribution in [-0.4, -0.2) is 17.4 Å². The van der Waals surface area contributed by atoms with Crippen LogP contribution in [0.15, 0.2) is 78.9 Å². The first-order valence-corrected chi connectivity index (χ1v) is 8.95. The number of amides is 1. The molecule has 3 aromatic rings. The van der Waals surface area contributed by atoms with Gasteiger partial charge in [0.05, 0.1) is 6.04 Å². The van der Waals surface area contributed by atoms with Crippen molar-refractivity contribution in [3.05, 3.63) is 101 Å². The number of anilines is 1. The van der Waals surface area contributed by atoms with Crippen molar-refractivity contribution in [2.24, 2.45) is 0 Å². The number of hydrogen-bond donors (Lipinski definition) is 1. The number of carbonyl (C=O) groups is 1. The van der Waals surface area contributed by atoms with Crippen LogP contribution in [0.4, 0.5) is 5.69 Å². The number of rotatable bonds is 5. The first-order valence-electron chi connectivity index (χ1n) is 8.57. The molecule has 26 heavy (non-hydrogen) atoms. The zero-order chi connectivity index (χ0) is 18.5. The van der Waals surface area contributed by atoms with Crippen molar-refractivity contribution in [1.29, 1.82) is 0 Å². The highest BCUT2D eigenvalue weighted by Crippen LogP contribution is 2.30. The summed E-state index contributed by atoms with van der Waals surface area (Å²) in [5.74, 6) is -0.0312. The van der Waals surface area contributed by atoms with Crippen molar-refractivity contribution in [3.8, 4) is 0 Å². The molecule has 0 aliphatic rings. The van der Waals surface area contributed by atoms with Gasteiger partial charge in [-0.3, -0.25) is 4.79 Å². The molecule has 0 fully saturated rings. The highest BCUT2D eigenvalue weighted by molar-refractivity contribution is 6.30.